The first-order valence-electron chi connectivity index (χ1n) is 12.6. The van der Waals surface area contributed by atoms with Crippen LogP contribution in [-0.2, 0) is 9.59 Å². The molecule has 0 saturated heterocycles. The summed E-state index contributed by atoms with van der Waals surface area (Å²) in [5.74, 6) is -4.06. The molecule has 5 rings (SSSR count). The van der Waals surface area contributed by atoms with Gasteiger partial charge in [-0.05, 0) is 79.0 Å². The molecule has 0 bridgehead atoms. The molecule has 7 nitrogen and oxygen atoms in total. The molecular weight excluding hydrogens is 550 g/mol. The molecule has 2 amide bonds. The van der Waals surface area contributed by atoms with E-state index in [2.05, 4.69) is 20.7 Å². The van der Waals surface area contributed by atoms with Gasteiger partial charge in [0.25, 0.3) is 0 Å². The van der Waals surface area contributed by atoms with Crippen molar-refractivity contribution in [2.75, 3.05) is 0 Å². The molecule has 3 aromatic rings. The Hall–Kier alpha value is -3.99. The van der Waals surface area contributed by atoms with Gasteiger partial charge in [-0.1, -0.05) is 18.0 Å². The summed E-state index contributed by atoms with van der Waals surface area (Å²) in [4.78, 5) is 30.2. The van der Waals surface area contributed by atoms with Crippen molar-refractivity contribution in [2.45, 2.75) is 37.9 Å². The topological polar surface area (TPSA) is 88.4 Å². The molecule has 1 fully saturated rings. The number of amides is 2. The maximum Gasteiger partial charge on any atom is 0.391 e. The number of nitrogens with one attached hydrogen (secondary N) is 2. The summed E-state index contributed by atoms with van der Waals surface area (Å²) in [6.07, 6.45) is 4.87. The first kappa shape index (κ1) is 27.6. The molecule has 1 aliphatic heterocycles. The van der Waals surface area contributed by atoms with Gasteiger partial charge in [0.2, 0.25) is 11.8 Å². The van der Waals surface area contributed by atoms with Crippen LogP contribution in [0.4, 0.5) is 17.6 Å². The van der Waals surface area contributed by atoms with E-state index in [4.69, 9.17) is 11.6 Å². The van der Waals surface area contributed by atoms with Gasteiger partial charge in [0, 0.05) is 34.5 Å². The van der Waals surface area contributed by atoms with Crippen molar-refractivity contribution >= 4 is 34.6 Å². The summed E-state index contributed by atoms with van der Waals surface area (Å²) >= 11 is 6.33. The number of benzene rings is 1. The molecule has 2 aliphatic rings. The molecule has 2 aromatic heterocycles. The normalized spacial score (nSPS) is 25.4. The minimum atomic E-state index is -4.38. The van der Waals surface area contributed by atoms with E-state index < -0.39 is 41.7 Å². The van der Waals surface area contributed by atoms with Crippen LogP contribution in [0.15, 0.2) is 72.9 Å². The molecular formula is C28H24ClF4N5O2. The average molecular weight is 574 g/mol. The van der Waals surface area contributed by atoms with E-state index in [0.29, 0.717) is 23.2 Å². The Morgan fingerprint density at radius 3 is 2.77 bits per heavy atom. The number of fused-ring (bicyclic) bond motifs is 1. The van der Waals surface area contributed by atoms with Crippen molar-refractivity contribution in [1.82, 2.24) is 25.2 Å². The Kier molecular flexibility index (Phi) is 7.75. The van der Waals surface area contributed by atoms with Gasteiger partial charge in [-0.15, -0.1) is 0 Å². The zero-order valence-electron chi connectivity index (χ0n) is 21.0. The van der Waals surface area contributed by atoms with E-state index in [0.717, 1.165) is 0 Å². The number of hydrogen-bond acceptors (Lipinski definition) is 4. The molecule has 3 atom stereocenters. The van der Waals surface area contributed by atoms with E-state index >= 15 is 0 Å². The number of nitrogens with zero attached hydrogens (tertiary/aromatic N) is 3. The highest BCUT2D eigenvalue weighted by molar-refractivity contribution is 6.31. The zero-order chi connectivity index (χ0) is 28.4. The van der Waals surface area contributed by atoms with Crippen molar-refractivity contribution in [3.8, 4) is 0 Å². The van der Waals surface area contributed by atoms with Crippen LogP contribution >= 0.6 is 11.6 Å². The molecule has 1 aliphatic carbocycles. The molecule has 2 N–H and O–H groups in total. The SMILES string of the molecule is O=C1/C=C/C(c2ccc3ncnn3c2)=C\C(NC(=O)[C@H]2CCC[C@@H](C(F)(F)F)C2)=C\[C@@H](c2cc(F)ccc2Cl)N1. The van der Waals surface area contributed by atoms with Gasteiger partial charge in [-0.2, -0.15) is 18.3 Å². The lowest BCUT2D eigenvalue weighted by Crippen LogP contribution is -2.37. The van der Waals surface area contributed by atoms with Crippen LogP contribution < -0.4 is 10.6 Å². The lowest BCUT2D eigenvalue weighted by molar-refractivity contribution is -0.186. The smallest absolute Gasteiger partial charge is 0.342 e. The van der Waals surface area contributed by atoms with E-state index in [1.165, 1.54) is 47.3 Å². The van der Waals surface area contributed by atoms with Gasteiger partial charge in [-0.3, -0.25) is 9.59 Å². The minimum absolute atomic E-state index is 0.0121. The quantitative estimate of drug-likeness (QED) is 0.392. The van der Waals surface area contributed by atoms with Crippen LogP contribution in [0.1, 0.15) is 42.9 Å². The monoisotopic (exact) mass is 573 g/mol. The standard InChI is InChI=1S/C28H24ClF4N5O2/c29-23-7-6-20(30)12-22(23)24-13-21(36-27(40)17-2-1-3-19(10-17)28(31,32)33)11-16(5-9-26(39)37-24)18-4-8-25-34-15-35-38(25)14-18/h4-9,11-15,17,19,24H,1-3,10H2,(H,36,40)(H,37,39)/b9-5+,16-11+,21-13-/t17-,19+,24-/m0/s1. The van der Waals surface area contributed by atoms with Crippen molar-refractivity contribution in [2.24, 2.45) is 11.8 Å². The summed E-state index contributed by atoms with van der Waals surface area (Å²) in [5.41, 5.74) is 2.16. The van der Waals surface area contributed by atoms with Gasteiger partial charge in [0.1, 0.15) is 12.1 Å². The molecule has 0 radical (unpaired) electrons. The second kappa shape index (κ2) is 11.2. The number of carbonyl (C=O) groups is 2. The van der Waals surface area contributed by atoms with Crippen LogP contribution in [0.25, 0.3) is 11.2 Å². The Labute approximate surface area is 231 Å². The average Bonchev–Trinajstić information content (AvgIpc) is 3.41. The summed E-state index contributed by atoms with van der Waals surface area (Å²) in [6.45, 7) is 0. The molecule has 0 unspecified atom stereocenters. The Morgan fingerprint density at radius 2 is 1.98 bits per heavy atom. The number of hydrogen-bond donors (Lipinski definition) is 2. The molecule has 208 valence electrons. The minimum Gasteiger partial charge on any atom is -0.342 e. The second-order valence-electron chi connectivity index (χ2n) is 9.78. The lowest BCUT2D eigenvalue weighted by atomic mass is 9.80. The summed E-state index contributed by atoms with van der Waals surface area (Å²) in [6, 6.07) is 6.21. The summed E-state index contributed by atoms with van der Waals surface area (Å²) in [7, 11) is 0. The lowest BCUT2D eigenvalue weighted by Gasteiger charge is -2.30. The van der Waals surface area contributed by atoms with Crippen LogP contribution in [0, 0.1) is 17.7 Å². The van der Waals surface area contributed by atoms with Gasteiger partial charge >= 0.3 is 6.18 Å². The van der Waals surface area contributed by atoms with Gasteiger partial charge in [0.05, 0.1) is 12.0 Å². The highest BCUT2D eigenvalue weighted by Crippen LogP contribution is 2.40. The van der Waals surface area contributed by atoms with Crippen molar-refractivity contribution in [1.29, 1.82) is 0 Å². The number of allylic oxidation sites excluding steroid dienone is 3. The molecule has 40 heavy (non-hydrogen) atoms. The van der Waals surface area contributed by atoms with Crippen molar-refractivity contribution in [3.63, 3.8) is 0 Å². The van der Waals surface area contributed by atoms with Crippen LogP contribution in [0.5, 0.6) is 0 Å². The second-order valence-corrected chi connectivity index (χ2v) is 10.2. The zero-order valence-corrected chi connectivity index (χ0v) is 21.7. The van der Waals surface area contributed by atoms with E-state index in [9.17, 15) is 27.2 Å². The highest BCUT2D eigenvalue weighted by Gasteiger charge is 2.43. The van der Waals surface area contributed by atoms with Gasteiger partial charge < -0.3 is 10.6 Å². The Balaban J connectivity index is 1.55. The third-order valence-corrected chi connectivity index (χ3v) is 7.39. The van der Waals surface area contributed by atoms with Crippen molar-refractivity contribution in [3.05, 3.63) is 94.8 Å². The van der Waals surface area contributed by atoms with E-state index in [1.807, 2.05) is 0 Å². The van der Waals surface area contributed by atoms with Crippen LogP contribution in [-0.4, -0.2) is 32.6 Å². The molecule has 3 heterocycles. The Bertz CT molecular complexity index is 1540. The predicted octanol–water partition coefficient (Wildman–Crippen LogP) is 5.70. The third-order valence-electron chi connectivity index (χ3n) is 7.05. The number of alkyl halides is 3. The fourth-order valence-corrected chi connectivity index (χ4v) is 5.22. The fraction of sp³-hybridized carbons (Fsp3) is 0.286. The number of rotatable bonds is 4. The number of halogens is 5. The first-order chi connectivity index (χ1) is 19.1. The first-order valence-corrected chi connectivity index (χ1v) is 13.0. The number of aromatic nitrogens is 3. The maximum absolute atomic E-state index is 14.1. The molecule has 1 aromatic carbocycles. The largest absolute Gasteiger partial charge is 0.391 e. The molecule has 0 spiro atoms. The van der Waals surface area contributed by atoms with Crippen LogP contribution in [0.2, 0.25) is 5.02 Å². The fourth-order valence-electron chi connectivity index (χ4n) is 4.99. The van der Waals surface area contributed by atoms with Crippen molar-refractivity contribution < 1.29 is 27.2 Å². The third kappa shape index (κ3) is 6.25. The van der Waals surface area contributed by atoms with Gasteiger partial charge in [0.15, 0.2) is 5.65 Å². The maximum atomic E-state index is 14.1. The molecule has 12 heteroatoms. The Morgan fingerprint density at radius 1 is 1.15 bits per heavy atom. The summed E-state index contributed by atoms with van der Waals surface area (Å²) < 4.78 is 55.9. The van der Waals surface area contributed by atoms with E-state index in [1.54, 1.807) is 24.4 Å². The number of pyridine rings is 1. The van der Waals surface area contributed by atoms with E-state index in [-0.39, 0.29) is 35.5 Å². The number of carbonyl (C=O) groups excluding carboxylic acids is 2. The van der Waals surface area contributed by atoms with Crippen LogP contribution in [0.3, 0.4) is 0 Å². The summed E-state index contributed by atoms with van der Waals surface area (Å²) in [5, 5.41) is 9.80. The predicted molar refractivity (Wildman–Crippen MR) is 140 cm³/mol. The van der Waals surface area contributed by atoms with Gasteiger partial charge in [-0.25, -0.2) is 13.9 Å². The molecule has 1 saturated carbocycles. The highest BCUT2D eigenvalue weighted by atomic mass is 35.5.